The highest BCUT2D eigenvalue weighted by atomic mass is 31.2. The first kappa shape index (κ1) is 93.1. The Labute approximate surface area is 581 Å². The molecule has 95 heavy (non-hydrogen) atoms. The van der Waals surface area contributed by atoms with Gasteiger partial charge >= 0.3 is 39.5 Å². The SMILES string of the molecule is CCCCCCCCCCCCCCCCCCCCCCCC(=O)O[C@H](COC(=O)CCCCCCCCCCCC(C)C)COP(=O)(O)OC[C@@H](O)COP(=O)(O)OC[C@@H](COC(=O)CCCCCCCCCC(C)C)OC(=O)CCCCCCCCCCCCCC. The molecule has 0 aromatic heterocycles. The van der Waals surface area contributed by atoms with Gasteiger partial charge in [0, 0.05) is 25.7 Å². The molecule has 5 atom stereocenters. The second-order valence-corrected chi connectivity index (χ2v) is 31.3. The van der Waals surface area contributed by atoms with E-state index in [1.54, 1.807) is 0 Å². The summed E-state index contributed by atoms with van der Waals surface area (Å²) in [5, 5.41) is 10.6. The number of phosphoric ester groups is 2. The van der Waals surface area contributed by atoms with Crippen LogP contribution in [0.3, 0.4) is 0 Å². The molecule has 3 N–H and O–H groups in total. The van der Waals surface area contributed by atoms with Crippen LogP contribution < -0.4 is 0 Å². The van der Waals surface area contributed by atoms with Gasteiger partial charge < -0.3 is 33.8 Å². The fourth-order valence-corrected chi connectivity index (χ4v) is 13.2. The van der Waals surface area contributed by atoms with Crippen LogP contribution in [0.1, 0.15) is 395 Å². The largest absolute Gasteiger partial charge is 0.472 e. The van der Waals surface area contributed by atoms with Crippen LogP contribution in [-0.4, -0.2) is 96.7 Å². The summed E-state index contributed by atoms with van der Waals surface area (Å²) in [7, 11) is -9.91. The number of carbonyl (C=O) groups is 4. The fourth-order valence-electron chi connectivity index (χ4n) is 11.7. The van der Waals surface area contributed by atoms with Gasteiger partial charge in [-0.05, 0) is 37.5 Å². The molecule has 0 rings (SSSR count). The second-order valence-electron chi connectivity index (χ2n) is 28.3. The van der Waals surface area contributed by atoms with E-state index in [0.29, 0.717) is 31.6 Å². The van der Waals surface area contributed by atoms with Crippen LogP contribution in [0.2, 0.25) is 0 Å². The molecule has 0 aliphatic carbocycles. The van der Waals surface area contributed by atoms with Crippen molar-refractivity contribution in [1.29, 1.82) is 0 Å². The molecule has 0 heterocycles. The monoisotopic (exact) mass is 1400 g/mol. The standard InChI is InChI=1S/C76H148O17P2/c1-7-9-11-13-15-17-19-21-22-23-24-25-26-27-28-29-31-35-42-49-55-61-76(81)92-71(64-86-73(78)58-52-46-40-36-32-33-38-44-50-56-68(3)4)66-90-94(82,83)88-62-70(77)63-89-95(84,85)91-67-72(65-87-74(79)59-53-47-43-37-39-45-51-57-69(5)6)93-75(80)60-54-48-41-34-30-20-18-16-14-12-10-8-2/h68-72,77H,7-67H2,1-6H3,(H,82,83)(H,84,85)/t70-,71-,72-/m1/s1. The minimum Gasteiger partial charge on any atom is -0.462 e. The molecule has 0 aliphatic heterocycles. The quantitative estimate of drug-likeness (QED) is 0.0222. The number of esters is 4. The van der Waals surface area contributed by atoms with Gasteiger partial charge in [-0.15, -0.1) is 0 Å². The molecular formula is C76H148O17P2. The maximum atomic E-state index is 13.1. The zero-order valence-corrected chi connectivity index (χ0v) is 63.8. The molecule has 2 unspecified atom stereocenters. The lowest BCUT2D eigenvalue weighted by molar-refractivity contribution is -0.161. The number of unbranched alkanes of at least 4 members (excludes halogenated alkanes) is 45. The smallest absolute Gasteiger partial charge is 0.462 e. The number of aliphatic hydroxyl groups is 1. The summed E-state index contributed by atoms with van der Waals surface area (Å²) in [6.45, 7) is 9.52. The lowest BCUT2D eigenvalue weighted by Crippen LogP contribution is -2.30. The van der Waals surface area contributed by atoms with Gasteiger partial charge in [-0.1, -0.05) is 343 Å². The van der Waals surface area contributed by atoms with Crippen molar-refractivity contribution in [2.45, 2.75) is 413 Å². The molecule has 0 aliphatic rings. The number of rotatable bonds is 75. The molecule has 0 spiro atoms. The summed E-state index contributed by atoms with van der Waals surface area (Å²) in [6.07, 6.45) is 55.7. The van der Waals surface area contributed by atoms with Crippen LogP contribution in [0.25, 0.3) is 0 Å². The van der Waals surface area contributed by atoms with Crippen LogP contribution in [0, 0.1) is 11.8 Å². The van der Waals surface area contributed by atoms with Gasteiger partial charge in [0.15, 0.2) is 12.2 Å². The normalized spacial score (nSPS) is 14.0. The van der Waals surface area contributed by atoms with Crippen molar-refractivity contribution >= 4 is 39.5 Å². The topological polar surface area (TPSA) is 237 Å². The van der Waals surface area contributed by atoms with Crippen molar-refractivity contribution in [2.24, 2.45) is 11.8 Å². The predicted octanol–water partition coefficient (Wildman–Crippen LogP) is 22.3. The second kappa shape index (κ2) is 67.9. The van der Waals surface area contributed by atoms with Crippen molar-refractivity contribution in [3.63, 3.8) is 0 Å². The first-order valence-electron chi connectivity index (χ1n) is 39.5. The van der Waals surface area contributed by atoms with Crippen LogP contribution in [0.5, 0.6) is 0 Å². The maximum Gasteiger partial charge on any atom is 0.472 e. The van der Waals surface area contributed by atoms with E-state index in [0.717, 1.165) is 102 Å². The Balaban J connectivity index is 5.19. The van der Waals surface area contributed by atoms with E-state index in [4.69, 9.17) is 37.0 Å². The van der Waals surface area contributed by atoms with E-state index >= 15 is 0 Å². The van der Waals surface area contributed by atoms with E-state index < -0.39 is 97.5 Å². The van der Waals surface area contributed by atoms with Gasteiger partial charge in [-0.2, -0.15) is 0 Å². The lowest BCUT2D eigenvalue weighted by atomic mass is 10.0. The highest BCUT2D eigenvalue weighted by Crippen LogP contribution is 2.45. The maximum absolute atomic E-state index is 13.1. The molecule has 0 aromatic rings. The Morgan fingerprint density at radius 3 is 0.716 bits per heavy atom. The number of phosphoric acid groups is 2. The molecule has 0 amide bonds. The molecule has 0 bridgehead atoms. The highest BCUT2D eigenvalue weighted by molar-refractivity contribution is 7.47. The van der Waals surface area contributed by atoms with Gasteiger partial charge in [-0.3, -0.25) is 37.3 Å². The Morgan fingerprint density at radius 1 is 0.284 bits per heavy atom. The van der Waals surface area contributed by atoms with Gasteiger partial charge in [0.1, 0.15) is 19.3 Å². The zero-order valence-electron chi connectivity index (χ0n) is 62.0. The van der Waals surface area contributed by atoms with Crippen LogP contribution in [0.4, 0.5) is 0 Å². The van der Waals surface area contributed by atoms with E-state index in [2.05, 4.69) is 41.5 Å². The van der Waals surface area contributed by atoms with Crippen molar-refractivity contribution in [3.8, 4) is 0 Å². The van der Waals surface area contributed by atoms with Crippen molar-refractivity contribution in [3.05, 3.63) is 0 Å². The van der Waals surface area contributed by atoms with Crippen LogP contribution >= 0.6 is 15.6 Å². The fraction of sp³-hybridized carbons (Fsp3) is 0.947. The minimum absolute atomic E-state index is 0.107. The minimum atomic E-state index is -4.96. The molecule has 0 radical (unpaired) electrons. The molecule has 564 valence electrons. The predicted molar refractivity (Wildman–Crippen MR) is 386 cm³/mol. The lowest BCUT2D eigenvalue weighted by Gasteiger charge is -2.21. The number of hydrogen-bond acceptors (Lipinski definition) is 15. The van der Waals surface area contributed by atoms with Crippen molar-refractivity contribution < 1.29 is 80.2 Å². The summed E-state index contributed by atoms with van der Waals surface area (Å²) in [6, 6.07) is 0. The van der Waals surface area contributed by atoms with Crippen molar-refractivity contribution in [1.82, 2.24) is 0 Å². The van der Waals surface area contributed by atoms with E-state index in [9.17, 15) is 43.2 Å². The first-order chi connectivity index (χ1) is 45.9. The van der Waals surface area contributed by atoms with Gasteiger partial charge in [0.2, 0.25) is 0 Å². The molecule has 0 saturated heterocycles. The number of ether oxygens (including phenoxy) is 4. The van der Waals surface area contributed by atoms with Crippen LogP contribution in [0.15, 0.2) is 0 Å². The Kier molecular flexibility index (Phi) is 66.5. The Bertz CT molecular complexity index is 1840. The van der Waals surface area contributed by atoms with Crippen molar-refractivity contribution in [2.75, 3.05) is 39.6 Å². The Hall–Kier alpha value is -1.94. The van der Waals surface area contributed by atoms with E-state index in [1.807, 2.05) is 0 Å². The summed E-state index contributed by atoms with van der Waals surface area (Å²) < 4.78 is 68.5. The third-order valence-electron chi connectivity index (χ3n) is 17.7. The number of aliphatic hydroxyl groups excluding tert-OH is 1. The number of hydrogen-bond donors (Lipinski definition) is 3. The summed E-state index contributed by atoms with van der Waals surface area (Å²) >= 11 is 0. The van der Waals surface area contributed by atoms with Gasteiger partial charge in [0.05, 0.1) is 26.4 Å². The average Bonchev–Trinajstić information content (AvgIpc) is 1.32. The summed E-state index contributed by atoms with van der Waals surface area (Å²) in [5.41, 5.74) is 0. The summed E-state index contributed by atoms with van der Waals surface area (Å²) in [5.74, 6) is -0.669. The molecule has 0 aromatic carbocycles. The van der Waals surface area contributed by atoms with Crippen LogP contribution in [-0.2, 0) is 65.4 Å². The molecule has 0 fully saturated rings. The molecule has 19 heteroatoms. The zero-order chi connectivity index (χ0) is 70.0. The average molecular weight is 1400 g/mol. The molecular weight excluding hydrogens is 1250 g/mol. The third kappa shape index (κ3) is 70.3. The third-order valence-corrected chi connectivity index (χ3v) is 19.6. The van der Waals surface area contributed by atoms with E-state index in [-0.39, 0.29) is 25.7 Å². The first-order valence-corrected chi connectivity index (χ1v) is 42.5. The van der Waals surface area contributed by atoms with E-state index in [1.165, 1.54) is 205 Å². The molecule has 17 nitrogen and oxygen atoms in total. The number of carbonyl (C=O) groups excluding carboxylic acids is 4. The van der Waals surface area contributed by atoms with Gasteiger partial charge in [-0.25, -0.2) is 9.13 Å². The summed E-state index contributed by atoms with van der Waals surface area (Å²) in [4.78, 5) is 72.7. The van der Waals surface area contributed by atoms with Gasteiger partial charge in [0.25, 0.3) is 0 Å². The molecule has 0 saturated carbocycles. The Morgan fingerprint density at radius 2 is 0.484 bits per heavy atom. The highest BCUT2D eigenvalue weighted by Gasteiger charge is 2.30.